The van der Waals surface area contributed by atoms with E-state index in [1.54, 1.807) is 13.2 Å². The second-order valence-corrected chi connectivity index (χ2v) is 11.0. The molecule has 3 rings (SSSR count). The van der Waals surface area contributed by atoms with Crippen LogP contribution in [0.1, 0.15) is 16.7 Å². The van der Waals surface area contributed by atoms with E-state index in [0.717, 1.165) is 21.7 Å². The van der Waals surface area contributed by atoms with Crippen molar-refractivity contribution < 1.29 is 27.1 Å². The monoisotopic (exact) mass is 541 g/mol. The van der Waals surface area contributed by atoms with Crippen LogP contribution >= 0.6 is 0 Å². The average molecular weight is 542 g/mol. The molecular weight excluding hydrogens is 509 g/mol. The number of sulfonamides is 1. The first-order chi connectivity index (χ1) is 18.1. The van der Waals surface area contributed by atoms with Crippen LogP contribution < -0.4 is 10.1 Å². The van der Waals surface area contributed by atoms with Gasteiger partial charge in [-0.25, -0.2) is 12.8 Å². The van der Waals surface area contributed by atoms with Gasteiger partial charge in [-0.2, -0.15) is 4.31 Å². The van der Waals surface area contributed by atoms with Crippen molar-refractivity contribution >= 4 is 21.8 Å². The number of rotatable bonds is 12. The Bertz CT molecular complexity index is 1330. The van der Waals surface area contributed by atoms with E-state index >= 15 is 0 Å². The number of amides is 2. The molecule has 10 heteroatoms. The molecule has 0 saturated carbocycles. The molecule has 3 aromatic carbocycles. The fourth-order valence-corrected chi connectivity index (χ4v) is 4.23. The summed E-state index contributed by atoms with van der Waals surface area (Å²) in [7, 11) is -0.802. The number of methoxy groups -OCH3 is 1. The van der Waals surface area contributed by atoms with Crippen LogP contribution in [0.25, 0.3) is 0 Å². The van der Waals surface area contributed by atoms with Crippen LogP contribution in [-0.2, 0) is 39.1 Å². The Balaban J connectivity index is 1.96. The van der Waals surface area contributed by atoms with E-state index in [1.807, 2.05) is 48.5 Å². The first-order valence-electron chi connectivity index (χ1n) is 12.0. The largest absolute Gasteiger partial charge is 0.496 e. The molecule has 8 nitrogen and oxygen atoms in total. The first-order valence-corrected chi connectivity index (χ1v) is 13.8. The number of likely N-dealkylation sites (N-methyl/N-ethyl adjacent to an activating group) is 1. The molecule has 0 bridgehead atoms. The van der Waals surface area contributed by atoms with Gasteiger partial charge in [0.05, 0.1) is 19.9 Å². The standard InChI is InChI=1S/C28H32FN3O5S/c1-31(38(3,35)36)20-27(33)32(19-22-13-15-24(29)16-14-22)25(17-21-9-5-4-6-10-21)28(34)30-18-23-11-7-8-12-26(23)37-2/h4-16,25H,17-20H2,1-3H3,(H,30,34)/t25-/m1/s1. The second-order valence-electron chi connectivity index (χ2n) is 8.90. The van der Waals surface area contributed by atoms with Gasteiger partial charge in [0.1, 0.15) is 17.6 Å². The highest BCUT2D eigenvalue weighted by Gasteiger charge is 2.32. The molecule has 3 aromatic rings. The van der Waals surface area contributed by atoms with Crippen LogP contribution in [0.4, 0.5) is 4.39 Å². The lowest BCUT2D eigenvalue weighted by atomic mass is 10.0. The van der Waals surface area contributed by atoms with Gasteiger partial charge in [0.25, 0.3) is 0 Å². The predicted molar refractivity (Wildman–Crippen MR) is 143 cm³/mol. The van der Waals surface area contributed by atoms with Gasteiger partial charge < -0.3 is 15.0 Å². The molecule has 38 heavy (non-hydrogen) atoms. The molecule has 1 N–H and O–H groups in total. The molecule has 202 valence electrons. The summed E-state index contributed by atoms with van der Waals surface area (Å²) in [5.74, 6) is -0.798. The van der Waals surface area contributed by atoms with Crippen molar-refractivity contribution in [3.63, 3.8) is 0 Å². The number of carbonyl (C=O) groups excluding carboxylic acids is 2. The Morgan fingerprint density at radius 3 is 2.21 bits per heavy atom. The number of nitrogens with one attached hydrogen (secondary N) is 1. The van der Waals surface area contributed by atoms with E-state index in [1.165, 1.54) is 36.2 Å². The Hall–Kier alpha value is -3.76. The minimum atomic E-state index is -3.65. The predicted octanol–water partition coefficient (Wildman–Crippen LogP) is 2.98. The lowest BCUT2D eigenvalue weighted by Crippen LogP contribution is -2.52. The van der Waals surface area contributed by atoms with Crippen LogP contribution in [0, 0.1) is 5.82 Å². The minimum Gasteiger partial charge on any atom is -0.496 e. The SMILES string of the molecule is COc1ccccc1CNC(=O)[C@@H](Cc1ccccc1)N(Cc1ccc(F)cc1)C(=O)CN(C)S(C)(=O)=O. The quantitative estimate of drug-likeness (QED) is 0.380. The van der Waals surface area contributed by atoms with E-state index in [9.17, 15) is 22.4 Å². The van der Waals surface area contributed by atoms with Gasteiger partial charge in [-0.05, 0) is 29.3 Å². The number of hydrogen-bond donors (Lipinski definition) is 1. The number of carbonyl (C=O) groups is 2. The lowest BCUT2D eigenvalue weighted by molar-refractivity contribution is -0.141. The maximum atomic E-state index is 13.7. The summed E-state index contributed by atoms with van der Waals surface area (Å²) in [5, 5.41) is 2.90. The molecule has 0 saturated heterocycles. The normalized spacial score (nSPS) is 12.1. The fraction of sp³-hybridized carbons (Fsp3) is 0.286. The molecule has 0 aliphatic carbocycles. The van der Waals surface area contributed by atoms with E-state index < -0.39 is 40.2 Å². The summed E-state index contributed by atoms with van der Waals surface area (Å²) in [5.41, 5.74) is 2.17. The third kappa shape index (κ3) is 8.12. The number of ether oxygens (including phenoxy) is 1. The van der Waals surface area contributed by atoms with Gasteiger partial charge >= 0.3 is 0 Å². The molecule has 0 fully saturated rings. The third-order valence-electron chi connectivity index (χ3n) is 6.11. The van der Waals surface area contributed by atoms with Gasteiger partial charge in [0.15, 0.2) is 0 Å². The van der Waals surface area contributed by atoms with E-state index in [2.05, 4.69) is 5.32 Å². The zero-order valence-electron chi connectivity index (χ0n) is 21.6. The van der Waals surface area contributed by atoms with Crippen LogP contribution in [0.2, 0.25) is 0 Å². The summed E-state index contributed by atoms with van der Waals surface area (Å²) in [6, 6.07) is 21.1. The van der Waals surface area contributed by atoms with Crippen molar-refractivity contribution in [2.24, 2.45) is 0 Å². The highest BCUT2D eigenvalue weighted by atomic mass is 32.2. The van der Waals surface area contributed by atoms with Gasteiger partial charge in [-0.15, -0.1) is 0 Å². The highest BCUT2D eigenvalue weighted by Crippen LogP contribution is 2.19. The molecule has 0 aliphatic heterocycles. The summed E-state index contributed by atoms with van der Waals surface area (Å²) in [6.45, 7) is -0.308. The molecule has 1 atom stereocenters. The van der Waals surface area contributed by atoms with E-state index in [-0.39, 0.29) is 19.5 Å². The zero-order chi connectivity index (χ0) is 27.7. The average Bonchev–Trinajstić information content (AvgIpc) is 2.90. The minimum absolute atomic E-state index is 0.0176. The maximum Gasteiger partial charge on any atom is 0.243 e. The van der Waals surface area contributed by atoms with Gasteiger partial charge in [-0.1, -0.05) is 60.7 Å². The van der Waals surface area contributed by atoms with Crippen molar-refractivity contribution in [2.45, 2.75) is 25.6 Å². The van der Waals surface area contributed by atoms with E-state index in [4.69, 9.17) is 4.74 Å². The summed E-state index contributed by atoms with van der Waals surface area (Å²) >= 11 is 0. The molecule has 0 radical (unpaired) electrons. The Kier molecular flexibility index (Phi) is 9.98. The number of benzene rings is 3. The topological polar surface area (TPSA) is 96.0 Å². The summed E-state index contributed by atoms with van der Waals surface area (Å²) in [4.78, 5) is 28.5. The van der Waals surface area contributed by atoms with E-state index in [0.29, 0.717) is 11.3 Å². The fourth-order valence-electron chi connectivity index (χ4n) is 3.89. The maximum absolute atomic E-state index is 13.7. The van der Waals surface area contributed by atoms with Crippen molar-refractivity contribution in [3.8, 4) is 5.75 Å². The Labute approximate surface area is 223 Å². The molecule has 0 spiro atoms. The Morgan fingerprint density at radius 2 is 1.58 bits per heavy atom. The van der Waals surface area contributed by atoms with Crippen LogP contribution in [-0.4, -0.2) is 62.4 Å². The molecule has 0 unspecified atom stereocenters. The van der Waals surface area contributed by atoms with Gasteiger partial charge in [0, 0.05) is 32.1 Å². The van der Waals surface area contributed by atoms with Crippen LogP contribution in [0.15, 0.2) is 78.9 Å². The van der Waals surface area contributed by atoms with Crippen LogP contribution in [0.3, 0.4) is 0 Å². The van der Waals surface area contributed by atoms with Crippen molar-refractivity contribution in [2.75, 3.05) is 27.0 Å². The van der Waals surface area contributed by atoms with Gasteiger partial charge in [-0.3, -0.25) is 9.59 Å². The zero-order valence-corrected chi connectivity index (χ0v) is 22.4. The molecule has 0 aromatic heterocycles. The molecule has 2 amide bonds. The summed E-state index contributed by atoms with van der Waals surface area (Å²) < 4.78 is 43.9. The number of nitrogens with zero attached hydrogens (tertiary/aromatic N) is 2. The molecular formula is C28H32FN3O5S. The third-order valence-corrected chi connectivity index (χ3v) is 7.37. The highest BCUT2D eigenvalue weighted by molar-refractivity contribution is 7.88. The van der Waals surface area contributed by atoms with Crippen molar-refractivity contribution in [1.82, 2.24) is 14.5 Å². The van der Waals surface area contributed by atoms with Crippen molar-refractivity contribution in [1.29, 1.82) is 0 Å². The number of para-hydroxylation sites is 1. The second kappa shape index (κ2) is 13.2. The van der Waals surface area contributed by atoms with Gasteiger partial charge in [0.2, 0.25) is 21.8 Å². The molecule has 0 aliphatic rings. The summed E-state index contributed by atoms with van der Waals surface area (Å²) in [6.07, 6.45) is 1.19. The number of hydrogen-bond acceptors (Lipinski definition) is 5. The number of halogens is 1. The lowest BCUT2D eigenvalue weighted by Gasteiger charge is -2.32. The Morgan fingerprint density at radius 1 is 0.947 bits per heavy atom. The smallest absolute Gasteiger partial charge is 0.243 e. The molecule has 0 heterocycles. The first kappa shape index (κ1) is 28.8. The van der Waals surface area contributed by atoms with Crippen molar-refractivity contribution in [3.05, 3.63) is 101 Å². The van der Waals surface area contributed by atoms with Crippen LogP contribution in [0.5, 0.6) is 5.75 Å².